The Morgan fingerprint density at radius 3 is 0.809 bits per heavy atom. The molecule has 0 saturated heterocycles. The molecule has 0 spiro atoms. The van der Waals surface area contributed by atoms with Gasteiger partial charge in [-0.05, 0) is 167 Å². The summed E-state index contributed by atoms with van der Waals surface area (Å²) in [7, 11) is -10.1. The zero-order chi connectivity index (χ0) is 80.3. The van der Waals surface area contributed by atoms with Crippen LogP contribution in [0.15, 0.2) is 219 Å². The predicted molar refractivity (Wildman–Crippen MR) is 454 cm³/mol. The van der Waals surface area contributed by atoms with E-state index in [1.165, 1.54) is 44.9 Å². The summed E-state index contributed by atoms with van der Waals surface area (Å²) in [5.74, 6) is -2.51. The fourth-order valence-corrected chi connectivity index (χ4v) is 11.4. The Labute approximate surface area is 664 Å². The van der Waals surface area contributed by atoms with Gasteiger partial charge in [0.05, 0.1) is 26.4 Å². The molecule has 0 saturated carbocycles. The van der Waals surface area contributed by atoms with Crippen LogP contribution >= 0.6 is 15.6 Å². The lowest BCUT2D eigenvalue weighted by Gasteiger charge is -2.21. The van der Waals surface area contributed by atoms with Crippen LogP contribution < -0.4 is 0 Å². The number of phosphoric acid groups is 2. The Morgan fingerprint density at radius 2 is 0.491 bits per heavy atom. The minimum Gasteiger partial charge on any atom is -0.462 e. The number of allylic oxidation sites excluding steroid dienone is 36. The first-order valence-electron chi connectivity index (χ1n) is 41.0. The van der Waals surface area contributed by atoms with Gasteiger partial charge >= 0.3 is 39.5 Å². The zero-order valence-electron chi connectivity index (χ0n) is 67.6. The van der Waals surface area contributed by atoms with E-state index in [4.69, 9.17) is 37.0 Å². The number of esters is 4. The molecule has 3 N–H and O–H groups in total. The van der Waals surface area contributed by atoms with Gasteiger partial charge in [-0.3, -0.25) is 37.3 Å². The maximum absolute atomic E-state index is 13.1. The molecule has 2 unspecified atom stereocenters. The third-order valence-corrected chi connectivity index (χ3v) is 17.8. The van der Waals surface area contributed by atoms with Crippen molar-refractivity contribution in [2.24, 2.45) is 0 Å². The fourth-order valence-electron chi connectivity index (χ4n) is 9.78. The van der Waals surface area contributed by atoms with Crippen LogP contribution in [0.2, 0.25) is 0 Å². The largest absolute Gasteiger partial charge is 0.472 e. The first-order chi connectivity index (χ1) is 53.7. The van der Waals surface area contributed by atoms with Crippen molar-refractivity contribution in [2.45, 2.75) is 290 Å². The van der Waals surface area contributed by atoms with Gasteiger partial charge in [-0.1, -0.05) is 298 Å². The van der Waals surface area contributed by atoms with Crippen LogP contribution in [0.25, 0.3) is 0 Å². The smallest absolute Gasteiger partial charge is 0.462 e. The van der Waals surface area contributed by atoms with E-state index >= 15 is 0 Å². The number of hydrogen-bond acceptors (Lipinski definition) is 15. The average Bonchev–Trinajstić information content (AvgIpc) is 0.900. The van der Waals surface area contributed by atoms with Gasteiger partial charge in [0.2, 0.25) is 0 Å². The van der Waals surface area contributed by atoms with Crippen LogP contribution in [0.1, 0.15) is 272 Å². The third kappa shape index (κ3) is 79.5. The number of ether oxygens (including phenoxy) is 4. The Bertz CT molecular complexity index is 2950. The molecule has 0 aliphatic rings. The van der Waals surface area contributed by atoms with E-state index < -0.39 is 97.5 Å². The van der Waals surface area contributed by atoms with Crippen LogP contribution in [0, 0.1) is 0 Å². The van der Waals surface area contributed by atoms with Crippen molar-refractivity contribution in [3.05, 3.63) is 219 Å². The standard InChI is InChI=1S/C91H142O17P2/c1-5-9-13-17-21-25-29-33-36-39-42-45-48-52-55-59-63-67-71-75-88(93)101-81-86(107-90(95)77-73-69-65-61-57-51-32-28-24-20-16-12-8-4)83-105-109(97,98)103-79-85(92)80-104-110(99,100)106-84-87(108-91(96)78-74-70-66-62-58-54-50-47-44-41-38-35-31-27-23-19-15-11-7-3)82-102-89(94)76-72-68-64-60-56-53-49-46-43-40-37-34-30-26-22-18-14-10-6-2/h10-11,14-15,21-23,25-28,32-38,42-47,52-56,58,63-64,66-68,70,85-87,92H,5-9,12-13,16-20,24,29-31,39-41,48-51,57,59-62,65,69,71-84H2,1-4H3,(H,97,98)(H,99,100)/b14-10-,15-11-,25-21-,26-22-,27-23-,32-28-,36-33-,37-34-,38-35-,45-42-,46-43-,47-44-,55-52-,56-53-,58-54-,67-63-,68-64-,70-66-/t85-,86+,87+/m0/s1. The molecular formula is C91H142O17P2. The lowest BCUT2D eigenvalue weighted by Crippen LogP contribution is -2.30. The van der Waals surface area contributed by atoms with Crippen LogP contribution in [0.3, 0.4) is 0 Å². The highest BCUT2D eigenvalue weighted by Crippen LogP contribution is 2.45. The van der Waals surface area contributed by atoms with Gasteiger partial charge in [-0.15, -0.1) is 0 Å². The van der Waals surface area contributed by atoms with Gasteiger partial charge in [0.25, 0.3) is 0 Å². The van der Waals surface area contributed by atoms with E-state index in [0.29, 0.717) is 44.9 Å². The van der Waals surface area contributed by atoms with E-state index in [0.717, 1.165) is 128 Å². The van der Waals surface area contributed by atoms with E-state index in [1.54, 1.807) is 0 Å². The summed E-state index contributed by atoms with van der Waals surface area (Å²) < 4.78 is 68.4. The highest BCUT2D eigenvalue weighted by molar-refractivity contribution is 7.47. The van der Waals surface area contributed by atoms with Crippen LogP contribution in [0.4, 0.5) is 0 Å². The maximum Gasteiger partial charge on any atom is 0.472 e. The minimum atomic E-state index is -5.03. The van der Waals surface area contributed by atoms with Crippen molar-refractivity contribution >= 4 is 39.5 Å². The van der Waals surface area contributed by atoms with E-state index in [9.17, 15) is 43.2 Å². The van der Waals surface area contributed by atoms with Gasteiger partial charge in [0.1, 0.15) is 19.3 Å². The maximum atomic E-state index is 13.1. The van der Waals surface area contributed by atoms with E-state index in [1.807, 2.05) is 54.7 Å². The molecule has 17 nitrogen and oxygen atoms in total. The SMILES string of the molecule is CC/C=C\C/C=C\C/C=C\C/C=C\C/C=C\C/C=C\CCC(=O)OC[C@H](COP(=O)(O)OC[C@@H](O)COP(=O)(O)OC[C@@H](COC(=O)CC/C=C\C/C=C\C/C=C\C/C=C\C/C=C\CCCCC)OC(=O)CCCCCCC/C=C\CCCCCC)OC(=O)CC/C=C\C/C=C\C/C=C\C/C=C\C/C=C\C/C=C\CC. The monoisotopic (exact) mass is 1570 g/mol. The Balaban J connectivity index is 5.59. The molecule has 0 bridgehead atoms. The highest BCUT2D eigenvalue weighted by Gasteiger charge is 2.30. The summed E-state index contributed by atoms with van der Waals surface area (Å²) in [6, 6.07) is 0. The molecule has 0 aliphatic carbocycles. The van der Waals surface area contributed by atoms with Gasteiger partial charge in [0, 0.05) is 25.7 Å². The van der Waals surface area contributed by atoms with Crippen LogP contribution in [-0.2, 0) is 65.4 Å². The second-order valence-corrected chi connectivity index (χ2v) is 29.1. The summed E-state index contributed by atoms with van der Waals surface area (Å²) in [4.78, 5) is 73.0. The summed E-state index contributed by atoms with van der Waals surface area (Å²) in [5.41, 5.74) is 0. The second kappa shape index (κ2) is 80.4. The number of hydrogen-bond donors (Lipinski definition) is 3. The van der Waals surface area contributed by atoms with Crippen molar-refractivity contribution in [1.82, 2.24) is 0 Å². The molecule has 0 fully saturated rings. The third-order valence-electron chi connectivity index (χ3n) is 15.9. The molecule has 0 heterocycles. The van der Waals surface area contributed by atoms with Gasteiger partial charge in [-0.25, -0.2) is 9.13 Å². The van der Waals surface area contributed by atoms with Crippen molar-refractivity contribution in [1.29, 1.82) is 0 Å². The number of aliphatic hydroxyl groups excluding tert-OH is 1. The molecule has 0 aromatic heterocycles. The lowest BCUT2D eigenvalue weighted by atomic mass is 10.1. The molecule has 19 heteroatoms. The number of aliphatic hydroxyl groups is 1. The first kappa shape index (κ1) is 103. The van der Waals surface area contributed by atoms with Crippen molar-refractivity contribution < 1.29 is 80.2 Å². The fraction of sp³-hybridized carbons (Fsp3) is 0.560. The summed E-state index contributed by atoms with van der Waals surface area (Å²) in [6.07, 6.45) is 102. The molecule has 5 atom stereocenters. The number of carbonyl (C=O) groups is 4. The number of rotatable bonds is 74. The minimum absolute atomic E-state index is 0.00889. The number of carbonyl (C=O) groups excluding carboxylic acids is 4. The Morgan fingerprint density at radius 1 is 0.264 bits per heavy atom. The first-order valence-corrected chi connectivity index (χ1v) is 44.0. The van der Waals surface area contributed by atoms with E-state index in [2.05, 4.69) is 192 Å². The second-order valence-electron chi connectivity index (χ2n) is 26.2. The molecule has 0 rings (SSSR count). The zero-order valence-corrected chi connectivity index (χ0v) is 69.4. The normalized spacial score (nSPS) is 14.9. The molecule has 0 aromatic carbocycles. The topological polar surface area (TPSA) is 237 Å². The molecule has 618 valence electrons. The average molecular weight is 1570 g/mol. The molecule has 0 amide bonds. The quantitative estimate of drug-likeness (QED) is 0.0169. The molecule has 0 radical (unpaired) electrons. The highest BCUT2D eigenvalue weighted by atomic mass is 31.2. The number of phosphoric ester groups is 2. The van der Waals surface area contributed by atoms with Crippen LogP contribution in [-0.4, -0.2) is 96.7 Å². The molecular weight excluding hydrogens is 1430 g/mol. The van der Waals surface area contributed by atoms with Crippen molar-refractivity contribution in [3.8, 4) is 0 Å². The summed E-state index contributed by atoms with van der Waals surface area (Å²) >= 11 is 0. The Hall–Kier alpha value is -6.62. The van der Waals surface area contributed by atoms with E-state index in [-0.39, 0.29) is 25.7 Å². The van der Waals surface area contributed by atoms with Crippen molar-refractivity contribution in [3.63, 3.8) is 0 Å². The lowest BCUT2D eigenvalue weighted by molar-refractivity contribution is -0.161. The molecule has 110 heavy (non-hydrogen) atoms. The van der Waals surface area contributed by atoms with Gasteiger partial charge in [-0.2, -0.15) is 0 Å². The molecule has 0 aliphatic heterocycles. The molecule has 0 aromatic rings. The van der Waals surface area contributed by atoms with Gasteiger partial charge in [0.15, 0.2) is 12.2 Å². The van der Waals surface area contributed by atoms with Gasteiger partial charge < -0.3 is 33.8 Å². The predicted octanol–water partition coefficient (Wildman–Crippen LogP) is 24.4. The van der Waals surface area contributed by atoms with Crippen molar-refractivity contribution in [2.75, 3.05) is 39.6 Å². The van der Waals surface area contributed by atoms with Crippen LogP contribution in [0.5, 0.6) is 0 Å². The number of unbranched alkanes of at least 4 members (excludes halogenated alkanes) is 12. The Kier molecular flexibility index (Phi) is 75.6. The summed E-state index contributed by atoms with van der Waals surface area (Å²) in [6.45, 7) is 4.30. The summed E-state index contributed by atoms with van der Waals surface area (Å²) in [5, 5.41) is 10.7.